The molecule has 1 aliphatic heterocycles. The minimum absolute atomic E-state index is 0.121. The van der Waals surface area contributed by atoms with Gasteiger partial charge < -0.3 is 40.3 Å². The van der Waals surface area contributed by atoms with Gasteiger partial charge in [0.2, 0.25) is 17.7 Å². The summed E-state index contributed by atoms with van der Waals surface area (Å²) >= 11 is 0. The Morgan fingerprint density at radius 2 is 1.55 bits per heavy atom. The first-order chi connectivity index (χ1) is 30.9. The highest BCUT2D eigenvalue weighted by Crippen LogP contribution is 2.46. The average Bonchev–Trinajstić information content (AvgIpc) is 3.89. The van der Waals surface area contributed by atoms with E-state index in [-0.39, 0.29) is 53.9 Å². The summed E-state index contributed by atoms with van der Waals surface area (Å²) in [5.74, 6) is -6.18. The Morgan fingerprint density at radius 3 is 2.06 bits per heavy atom. The summed E-state index contributed by atoms with van der Waals surface area (Å²) in [5.41, 5.74) is -0.456. The monoisotopic (exact) mass is 952 g/mol. The number of nitrogens with zero attached hydrogens (tertiary/aromatic N) is 2. The highest BCUT2D eigenvalue weighted by molar-refractivity contribution is 7.90. The zero-order chi connectivity index (χ0) is 49.3. The number of halogens is 3. The average molecular weight is 953 g/mol. The topological polar surface area (TPSA) is 230 Å². The number of rotatable bonds is 22. The van der Waals surface area contributed by atoms with Crippen molar-refractivity contribution in [2.75, 3.05) is 27.8 Å². The molecule has 2 fully saturated rings. The first-order valence-electron chi connectivity index (χ1n) is 21.9. The number of amides is 6. The van der Waals surface area contributed by atoms with E-state index < -0.39 is 93.8 Å². The number of carbonyl (C=O) groups excluding carboxylic acids is 5. The normalized spacial score (nSPS) is 19.0. The minimum Gasteiger partial charge on any atom is -0.465 e. The lowest BCUT2D eigenvalue weighted by molar-refractivity contribution is -0.174. The van der Waals surface area contributed by atoms with Crippen molar-refractivity contribution in [3.05, 3.63) is 65.7 Å². The maximum Gasteiger partial charge on any atom is 0.471 e. The molecular weight excluding hydrogens is 890 g/mol. The molecule has 0 aromatic heterocycles. The van der Waals surface area contributed by atoms with Crippen molar-refractivity contribution in [3.63, 3.8) is 0 Å². The van der Waals surface area contributed by atoms with Crippen LogP contribution in [0.3, 0.4) is 0 Å². The maximum absolute atomic E-state index is 14.2. The Balaban J connectivity index is 1.51. The Kier molecular flexibility index (Phi) is 18.2. The maximum atomic E-state index is 14.2. The van der Waals surface area contributed by atoms with Crippen LogP contribution in [0.4, 0.5) is 18.0 Å². The standard InChI is InChI=1S/C45H63F3N6O11S/c1-9-27(4)37(53(6)41(58)36(26(2)3)50-43(60)61)34(64-7)25-35(55)54-23-13-16-33(54)38(65-8)28(5)39(56)49-32(24-29-14-11-10-12-15-29)40(57)52-66(62,63)31-19-17-30(18-20-31)44(21-22-44)51-42(59)45(46,47)48/h10-12,14-15,17-20,26-28,32-34,36-38,50H,9,13,16,21-25H2,1-8H3,(H,49,56)(H,51,59)(H,52,57)(H,60,61)/t27-,28+,32-,33-,34+,36-,37-,38+/m0/s1. The number of hydrogen-bond acceptors (Lipinski definition) is 10. The van der Waals surface area contributed by atoms with E-state index in [2.05, 4.69) is 10.6 Å². The molecule has 66 heavy (non-hydrogen) atoms. The van der Waals surface area contributed by atoms with Gasteiger partial charge in [0, 0.05) is 34.2 Å². The van der Waals surface area contributed by atoms with Crippen molar-refractivity contribution in [1.29, 1.82) is 0 Å². The summed E-state index contributed by atoms with van der Waals surface area (Å²) in [6.07, 6.45) is -6.34. The number of methoxy groups -OCH3 is 2. The lowest BCUT2D eigenvalue weighted by Crippen LogP contribution is -2.57. The van der Waals surface area contributed by atoms with Crippen LogP contribution in [0.2, 0.25) is 0 Å². The summed E-state index contributed by atoms with van der Waals surface area (Å²) in [4.78, 5) is 81.7. The van der Waals surface area contributed by atoms with Gasteiger partial charge in [0.1, 0.15) is 12.1 Å². The van der Waals surface area contributed by atoms with Gasteiger partial charge >= 0.3 is 18.2 Å². The Labute approximate surface area is 383 Å². The van der Waals surface area contributed by atoms with Crippen LogP contribution >= 0.6 is 0 Å². The number of likely N-dealkylation sites (tertiary alicyclic amines) is 1. The van der Waals surface area contributed by atoms with Crippen LogP contribution in [0.25, 0.3) is 0 Å². The molecule has 8 atom stereocenters. The number of carboxylic acid groups (broad SMARTS) is 1. The van der Waals surface area contributed by atoms with Gasteiger partial charge in [-0.2, -0.15) is 13.2 Å². The molecule has 5 N–H and O–H groups in total. The van der Waals surface area contributed by atoms with Gasteiger partial charge in [0.25, 0.3) is 15.9 Å². The summed E-state index contributed by atoms with van der Waals surface area (Å²) in [6.45, 7) is 9.19. The predicted octanol–water partition coefficient (Wildman–Crippen LogP) is 4.10. The second kappa shape index (κ2) is 22.5. The molecule has 2 aliphatic rings. The van der Waals surface area contributed by atoms with Crippen molar-refractivity contribution >= 4 is 45.7 Å². The molecule has 0 radical (unpaired) electrons. The van der Waals surface area contributed by atoms with Gasteiger partial charge in [-0.3, -0.25) is 24.0 Å². The van der Waals surface area contributed by atoms with Crippen molar-refractivity contribution in [2.24, 2.45) is 17.8 Å². The molecule has 0 unspecified atom stereocenters. The highest BCUT2D eigenvalue weighted by atomic mass is 32.2. The second-order valence-electron chi connectivity index (χ2n) is 17.5. The van der Waals surface area contributed by atoms with E-state index in [9.17, 15) is 55.5 Å². The molecule has 6 amide bonds. The number of alkyl halides is 3. The van der Waals surface area contributed by atoms with E-state index in [1.807, 2.05) is 23.9 Å². The number of ether oxygens (including phenoxy) is 2. The zero-order valence-electron chi connectivity index (χ0n) is 38.5. The van der Waals surface area contributed by atoms with Crippen LogP contribution in [-0.4, -0.2) is 129 Å². The predicted molar refractivity (Wildman–Crippen MR) is 235 cm³/mol. The molecular formula is C45H63F3N6O11S. The Bertz CT molecular complexity index is 2140. The Morgan fingerprint density at radius 1 is 0.924 bits per heavy atom. The number of sulfonamides is 1. The van der Waals surface area contributed by atoms with Crippen LogP contribution in [0.15, 0.2) is 59.5 Å². The molecule has 2 aromatic rings. The SMILES string of the molecule is CC[C@H](C)[C@@H]([C@@H](CC(=O)N1CCC[C@H]1[C@H](OC)[C@@H](C)C(=O)N[C@@H](Cc1ccccc1)C(=O)NS(=O)(=O)c1ccc(C2(NC(=O)C(F)(F)F)CC2)cc1)OC)N(C)C(=O)[C@@H](NC(=O)O)C(C)C. The van der Waals surface area contributed by atoms with Gasteiger partial charge in [-0.05, 0) is 60.8 Å². The third-order valence-electron chi connectivity index (χ3n) is 12.7. The van der Waals surface area contributed by atoms with E-state index >= 15 is 0 Å². The fourth-order valence-electron chi connectivity index (χ4n) is 8.65. The molecule has 1 saturated heterocycles. The highest BCUT2D eigenvalue weighted by Gasteiger charge is 2.51. The molecule has 4 rings (SSSR count). The summed E-state index contributed by atoms with van der Waals surface area (Å²) in [6, 6.07) is 9.58. The minimum atomic E-state index is -5.11. The van der Waals surface area contributed by atoms with Crippen molar-refractivity contribution in [3.8, 4) is 0 Å². The van der Waals surface area contributed by atoms with Gasteiger partial charge in [-0.25, -0.2) is 17.9 Å². The van der Waals surface area contributed by atoms with E-state index in [4.69, 9.17) is 9.47 Å². The van der Waals surface area contributed by atoms with Crippen LogP contribution in [0, 0.1) is 17.8 Å². The van der Waals surface area contributed by atoms with Gasteiger partial charge in [0.15, 0.2) is 0 Å². The summed E-state index contributed by atoms with van der Waals surface area (Å²) in [5, 5.41) is 16.4. The van der Waals surface area contributed by atoms with Crippen molar-refractivity contribution in [1.82, 2.24) is 30.5 Å². The van der Waals surface area contributed by atoms with Crippen LogP contribution in [-0.2, 0) is 55.4 Å². The van der Waals surface area contributed by atoms with E-state index in [0.717, 1.165) is 12.1 Å². The van der Waals surface area contributed by atoms with E-state index in [0.29, 0.717) is 31.4 Å². The number of hydrogen-bond donors (Lipinski definition) is 5. The van der Waals surface area contributed by atoms with Crippen molar-refractivity contribution in [2.45, 2.75) is 133 Å². The van der Waals surface area contributed by atoms with Crippen LogP contribution in [0.1, 0.15) is 84.3 Å². The van der Waals surface area contributed by atoms with Gasteiger partial charge in [-0.15, -0.1) is 0 Å². The Hall–Kier alpha value is -5.28. The molecule has 1 saturated carbocycles. The lowest BCUT2D eigenvalue weighted by Gasteiger charge is -2.40. The summed E-state index contributed by atoms with van der Waals surface area (Å²) < 4.78 is 79.7. The lowest BCUT2D eigenvalue weighted by atomic mass is 9.89. The second-order valence-corrected chi connectivity index (χ2v) is 19.2. The first kappa shape index (κ1) is 53.3. The number of likely N-dealkylation sites (N-methyl/N-ethyl adjacent to an activating group) is 1. The third kappa shape index (κ3) is 13.2. The quantitative estimate of drug-likeness (QED) is 0.113. The molecule has 0 spiro atoms. The van der Waals surface area contributed by atoms with Crippen LogP contribution < -0.4 is 20.7 Å². The first-order valence-corrected chi connectivity index (χ1v) is 23.4. The smallest absolute Gasteiger partial charge is 0.465 e. The fourth-order valence-corrected chi connectivity index (χ4v) is 9.67. The molecule has 21 heteroatoms. The molecule has 1 aliphatic carbocycles. The molecule has 1 heterocycles. The third-order valence-corrected chi connectivity index (χ3v) is 14.1. The molecule has 0 bridgehead atoms. The van der Waals surface area contributed by atoms with Gasteiger partial charge in [0.05, 0.1) is 47.1 Å². The number of carbonyl (C=O) groups is 6. The van der Waals surface area contributed by atoms with Gasteiger partial charge in [-0.1, -0.05) is 83.5 Å². The summed E-state index contributed by atoms with van der Waals surface area (Å²) in [7, 11) is -0.194. The molecule has 2 aromatic carbocycles. The van der Waals surface area contributed by atoms with Crippen molar-refractivity contribution < 1.29 is 64.9 Å². The fraction of sp³-hybridized carbons (Fsp3) is 0.600. The molecule has 17 nitrogen and oxygen atoms in total. The van der Waals surface area contributed by atoms with Crippen LogP contribution in [0.5, 0.6) is 0 Å². The number of nitrogens with one attached hydrogen (secondary N) is 4. The number of benzene rings is 2. The van der Waals surface area contributed by atoms with E-state index in [1.54, 1.807) is 63.1 Å². The van der Waals surface area contributed by atoms with E-state index in [1.165, 1.54) is 31.3 Å². The largest absolute Gasteiger partial charge is 0.471 e. The zero-order valence-corrected chi connectivity index (χ0v) is 39.3. The molecule has 366 valence electrons.